The maximum atomic E-state index is 14.3. The van der Waals surface area contributed by atoms with Gasteiger partial charge in [-0.05, 0) is 104 Å². The zero-order valence-corrected chi connectivity index (χ0v) is 33.9. The highest BCUT2D eigenvalue weighted by Gasteiger charge is 2.46. The van der Waals surface area contributed by atoms with Gasteiger partial charge in [-0.1, -0.05) is 59.6 Å². The lowest BCUT2D eigenvalue weighted by molar-refractivity contribution is -0.145. The van der Waals surface area contributed by atoms with E-state index in [0.717, 1.165) is 43.6 Å². The fraction of sp³-hybridized carbons (Fsp3) is 0.463. The van der Waals surface area contributed by atoms with Gasteiger partial charge in [0.1, 0.15) is 12.1 Å². The lowest BCUT2D eigenvalue weighted by atomic mass is 9.71. The Morgan fingerprint density at radius 2 is 1.61 bits per heavy atom. The van der Waals surface area contributed by atoms with E-state index in [1.165, 1.54) is 11.0 Å². The fourth-order valence-corrected chi connectivity index (χ4v) is 8.80. The highest BCUT2D eigenvalue weighted by atomic mass is 35.5. The largest absolute Gasteiger partial charge is 0.496 e. The number of piperazine rings is 1. The molecule has 0 aliphatic carbocycles. The van der Waals surface area contributed by atoms with E-state index < -0.39 is 5.41 Å². The summed E-state index contributed by atoms with van der Waals surface area (Å²) in [6, 6.07) is 21.2. The van der Waals surface area contributed by atoms with Crippen LogP contribution in [0.3, 0.4) is 0 Å². The van der Waals surface area contributed by atoms with Crippen LogP contribution < -0.4 is 10.2 Å². The molecule has 2 amide bonds. The number of aromatic nitrogens is 4. The van der Waals surface area contributed by atoms with Crippen LogP contribution in [0, 0.1) is 0 Å². The number of hydrogen-bond donors (Lipinski definition) is 1. The van der Waals surface area contributed by atoms with Gasteiger partial charge in [-0.2, -0.15) is 0 Å². The maximum Gasteiger partial charge on any atom is 0.320 e. The van der Waals surface area contributed by atoms with Crippen LogP contribution in [0.1, 0.15) is 54.1 Å². The van der Waals surface area contributed by atoms with Gasteiger partial charge < -0.3 is 19.3 Å². The van der Waals surface area contributed by atoms with E-state index in [2.05, 4.69) is 42.9 Å². The molecule has 7 rings (SSSR count). The first-order chi connectivity index (χ1) is 27.6. The summed E-state index contributed by atoms with van der Waals surface area (Å²) < 4.78 is 12.3. The molecule has 0 saturated carbocycles. The number of carbonyl (C=O) groups is 3. The Labute approximate surface area is 342 Å². The number of amides is 2. The second kappa shape index (κ2) is 17.9. The van der Waals surface area contributed by atoms with Crippen molar-refractivity contribution in [3.05, 3.63) is 99.8 Å². The van der Waals surface area contributed by atoms with E-state index in [0.29, 0.717) is 85.8 Å². The highest BCUT2D eigenvalue weighted by Crippen LogP contribution is 2.42. The van der Waals surface area contributed by atoms with Gasteiger partial charge in [0.2, 0.25) is 5.91 Å². The third-order valence-corrected chi connectivity index (χ3v) is 12.6. The van der Waals surface area contributed by atoms with Crippen molar-refractivity contribution in [2.24, 2.45) is 0 Å². The summed E-state index contributed by atoms with van der Waals surface area (Å²) in [6.07, 6.45) is 4.32. The van der Waals surface area contributed by atoms with Gasteiger partial charge in [-0.15, -0.1) is 5.10 Å². The Hall–Kier alpha value is -4.60. The number of benzene rings is 3. The molecule has 0 spiro atoms. The number of tetrazole rings is 1. The molecular formula is C41H49Cl2N9O5. The monoisotopic (exact) mass is 817 g/mol. The number of halogens is 2. The third-order valence-electron chi connectivity index (χ3n) is 11.9. The minimum atomic E-state index is -0.687. The molecule has 1 aromatic heterocycles. The summed E-state index contributed by atoms with van der Waals surface area (Å²) in [5, 5.41) is 14.4. The Morgan fingerprint density at radius 1 is 0.842 bits per heavy atom. The predicted molar refractivity (Wildman–Crippen MR) is 216 cm³/mol. The zero-order chi connectivity index (χ0) is 40.0. The standard InChI is InChI=1S/C41H49Cl2N9O5/c1-3-57-37(53)27-49-21-23-51(24-22-49)45-39(55)41(30-7-5-4-6-8-30)15-18-48(19-16-41)17-13-40(31-9-11-34(42)35(43)25-31)14-20-50(28-40)38(54)33-26-32(10-12-36(33)56-2)52-29-44-46-47-52/h4-12,25-26,29H,3,13-24,27-28H2,1-2H3,(H,45,55)/t40-/m1/s1. The van der Waals surface area contributed by atoms with Crippen LogP contribution in [0.25, 0.3) is 5.69 Å². The second-order valence-corrected chi connectivity index (χ2v) is 15.9. The summed E-state index contributed by atoms with van der Waals surface area (Å²) in [7, 11) is 1.55. The number of hydrogen-bond acceptors (Lipinski definition) is 11. The molecule has 3 aliphatic rings. The van der Waals surface area contributed by atoms with Crippen LogP contribution >= 0.6 is 23.2 Å². The Kier molecular flexibility index (Phi) is 12.7. The van der Waals surface area contributed by atoms with Crippen molar-refractivity contribution in [2.45, 2.75) is 43.4 Å². The number of nitrogens with zero attached hydrogens (tertiary/aromatic N) is 8. The van der Waals surface area contributed by atoms with Crippen molar-refractivity contribution >= 4 is 41.0 Å². The van der Waals surface area contributed by atoms with Crippen molar-refractivity contribution in [3.63, 3.8) is 0 Å². The Morgan fingerprint density at radius 3 is 2.30 bits per heavy atom. The Bertz CT molecular complexity index is 2020. The van der Waals surface area contributed by atoms with Gasteiger partial charge in [0.05, 0.1) is 47.0 Å². The maximum absolute atomic E-state index is 14.3. The van der Waals surface area contributed by atoms with Crippen LogP contribution in [0.15, 0.2) is 73.1 Å². The smallest absolute Gasteiger partial charge is 0.320 e. The topological polar surface area (TPSA) is 138 Å². The second-order valence-electron chi connectivity index (χ2n) is 15.1. The van der Waals surface area contributed by atoms with E-state index in [4.69, 9.17) is 32.7 Å². The number of rotatable bonds is 13. The van der Waals surface area contributed by atoms with Crippen LogP contribution in [-0.4, -0.2) is 137 Å². The van der Waals surface area contributed by atoms with Gasteiger partial charge in [-0.25, -0.2) is 9.69 Å². The molecule has 14 nitrogen and oxygen atoms in total. The quantitative estimate of drug-likeness (QED) is 0.192. The van der Waals surface area contributed by atoms with E-state index in [1.807, 2.05) is 46.3 Å². The number of methoxy groups -OCH3 is 1. The van der Waals surface area contributed by atoms with Gasteiger partial charge >= 0.3 is 5.97 Å². The van der Waals surface area contributed by atoms with Gasteiger partial charge in [-0.3, -0.25) is 24.7 Å². The molecule has 3 fully saturated rings. The molecule has 3 saturated heterocycles. The summed E-state index contributed by atoms with van der Waals surface area (Å²) >= 11 is 13.0. The molecular weight excluding hydrogens is 769 g/mol. The number of nitrogens with one attached hydrogen (secondary N) is 1. The van der Waals surface area contributed by atoms with Crippen molar-refractivity contribution in [1.29, 1.82) is 0 Å². The van der Waals surface area contributed by atoms with E-state index in [-0.39, 0.29) is 29.7 Å². The molecule has 4 aromatic rings. The van der Waals surface area contributed by atoms with Crippen molar-refractivity contribution in [3.8, 4) is 11.4 Å². The number of likely N-dealkylation sites (tertiary alicyclic amines) is 2. The molecule has 16 heteroatoms. The molecule has 0 unspecified atom stereocenters. The van der Waals surface area contributed by atoms with Crippen molar-refractivity contribution in [2.75, 3.05) is 79.2 Å². The number of carbonyl (C=O) groups excluding carboxylic acids is 3. The molecule has 4 heterocycles. The molecule has 57 heavy (non-hydrogen) atoms. The molecule has 1 N–H and O–H groups in total. The van der Waals surface area contributed by atoms with Crippen LogP contribution in [0.4, 0.5) is 0 Å². The molecule has 3 aromatic carbocycles. The Balaban J connectivity index is 1.04. The first-order valence-electron chi connectivity index (χ1n) is 19.5. The van der Waals surface area contributed by atoms with Gasteiger partial charge in [0.25, 0.3) is 5.91 Å². The van der Waals surface area contributed by atoms with Crippen molar-refractivity contribution in [1.82, 2.24) is 45.3 Å². The first-order valence-corrected chi connectivity index (χ1v) is 20.3. The lowest BCUT2D eigenvalue weighted by Gasteiger charge is -2.43. The lowest BCUT2D eigenvalue weighted by Crippen LogP contribution is -2.59. The first kappa shape index (κ1) is 40.6. The number of esters is 1. The molecule has 0 radical (unpaired) electrons. The molecule has 3 aliphatic heterocycles. The van der Waals surface area contributed by atoms with Gasteiger partial charge in [0, 0.05) is 44.7 Å². The van der Waals surface area contributed by atoms with E-state index >= 15 is 0 Å². The summed E-state index contributed by atoms with van der Waals surface area (Å²) in [5.74, 6) is 0.111. The highest BCUT2D eigenvalue weighted by molar-refractivity contribution is 6.42. The third kappa shape index (κ3) is 8.95. The van der Waals surface area contributed by atoms with Crippen LogP contribution in [0.2, 0.25) is 10.0 Å². The molecule has 0 bridgehead atoms. The van der Waals surface area contributed by atoms with E-state index in [1.54, 1.807) is 32.2 Å². The van der Waals surface area contributed by atoms with Crippen LogP contribution in [-0.2, 0) is 25.2 Å². The SMILES string of the molecule is CCOC(=O)CN1CCN(NC(=O)C2(c3ccccc3)CCN(CC[C@@]3(c4ccc(Cl)c(Cl)c4)CCN(C(=O)c4cc(-n5cnnn5)ccc4OC)C3)CC2)CC1. The number of ether oxygens (including phenoxy) is 2. The summed E-state index contributed by atoms with van der Waals surface area (Å²) in [4.78, 5) is 47.0. The van der Waals surface area contributed by atoms with Crippen LogP contribution in [0.5, 0.6) is 5.75 Å². The number of piperidine rings is 1. The van der Waals surface area contributed by atoms with Crippen molar-refractivity contribution < 1.29 is 23.9 Å². The minimum absolute atomic E-state index is 0.00370. The average molecular weight is 819 g/mol. The zero-order valence-electron chi connectivity index (χ0n) is 32.4. The number of hydrazine groups is 1. The van der Waals surface area contributed by atoms with Gasteiger partial charge in [0.15, 0.2) is 0 Å². The predicted octanol–water partition coefficient (Wildman–Crippen LogP) is 4.40. The molecule has 302 valence electrons. The summed E-state index contributed by atoms with van der Waals surface area (Å²) in [6.45, 7) is 8.26. The fourth-order valence-electron chi connectivity index (χ4n) is 8.50. The normalized spacial score (nSPS) is 20.3. The minimum Gasteiger partial charge on any atom is -0.496 e. The van der Waals surface area contributed by atoms with E-state index in [9.17, 15) is 14.4 Å². The average Bonchev–Trinajstić information content (AvgIpc) is 3.94. The summed E-state index contributed by atoms with van der Waals surface area (Å²) in [5.41, 5.74) is 5.32. The molecule has 1 atom stereocenters.